The molecule has 0 radical (unpaired) electrons. The lowest BCUT2D eigenvalue weighted by molar-refractivity contribution is -0.140. The van der Waals surface area contributed by atoms with E-state index in [9.17, 15) is 9.59 Å². The van der Waals surface area contributed by atoms with E-state index in [2.05, 4.69) is 10.3 Å². The van der Waals surface area contributed by atoms with Crippen LogP contribution in [0.1, 0.15) is 36.6 Å². The van der Waals surface area contributed by atoms with Crippen molar-refractivity contribution in [1.82, 2.24) is 15.2 Å². The second-order valence-corrected chi connectivity index (χ2v) is 8.56. The highest BCUT2D eigenvalue weighted by Gasteiger charge is 2.49. The lowest BCUT2D eigenvalue weighted by Crippen LogP contribution is -2.58. The minimum Gasteiger partial charge on any atom is -0.358 e. The molecule has 1 aromatic heterocycles. The highest BCUT2D eigenvalue weighted by atomic mass is 16.2. The average molecular weight is 428 g/mol. The highest BCUT2D eigenvalue weighted by molar-refractivity contribution is 5.94. The Hall–Kier alpha value is -3.47. The maximum atomic E-state index is 14.2. The van der Waals surface area contributed by atoms with Crippen LogP contribution < -0.4 is 5.32 Å². The molecule has 0 unspecified atom stereocenters. The van der Waals surface area contributed by atoms with E-state index in [1.165, 1.54) is 0 Å². The van der Waals surface area contributed by atoms with Crippen LogP contribution in [0.5, 0.6) is 0 Å². The molecule has 5 nitrogen and oxygen atoms in total. The molecule has 0 saturated carbocycles. The lowest BCUT2D eigenvalue weighted by atomic mass is 9.72. The Morgan fingerprint density at radius 1 is 0.938 bits per heavy atom. The van der Waals surface area contributed by atoms with Gasteiger partial charge >= 0.3 is 0 Å². The van der Waals surface area contributed by atoms with E-state index in [0.717, 1.165) is 17.5 Å². The van der Waals surface area contributed by atoms with E-state index < -0.39 is 10.8 Å². The van der Waals surface area contributed by atoms with Crippen LogP contribution >= 0.6 is 0 Å². The van der Waals surface area contributed by atoms with Crippen molar-refractivity contribution >= 4 is 11.8 Å². The van der Waals surface area contributed by atoms with Gasteiger partial charge in [-0.1, -0.05) is 66.7 Å². The monoisotopic (exact) mass is 427 g/mol. The van der Waals surface area contributed by atoms with Crippen molar-refractivity contribution in [1.29, 1.82) is 0 Å². The van der Waals surface area contributed by atoms with Crippen molar-refractivity contribution in [3.63, 3.8) is 0 Å². The summed E-state index contributed by atoms with van der Waals surface area (Å²) in [6.07, 6.45) is 3.09. The SMILES string of the molecule is CNC(=O)[C@@]1(c2ccccn2)CCCN(C(=O)C(C)(c2ccccc2)c2ccccc2)C1. The van der Waals surface area contributed by atoms with Crippen LogP contribution in [-0.4, -0.2) is 41.8 Å². The number of nitrogens with one attached hydrogen (secondary N) is 1. The Morgan fingerprint density at radius 2 is 1.53 bits per heavy atom. The number of amides is 2. The van der Waals surface area contributed by atoms with Gasteiger partial charge in [-0.25, -0.2) is 0 Å². The van der Waals surface area contributed by atoms with Gasteiger partial charge in [0.05, 0.1) is 11.1 Å². The number of aromatic nitrogens is 1. The van der Waals surface area contributed by atoms with Gasteiger partial charge in [-0.05, 0) is 43.0 Å². The van der Waals surface area contributed by atoms with Crippen LogP contribution in [0.2, 0.25) is 0 Å². The maximum Gasteiger partial charge on any atom is 0.237 e. The molecule has 0 spiro atoms. The molecule has 0 aliphatic carbocycles. The maximum absolute atomic E-state index is 14.2. The summed E-state index contributed by atoms with van der Waals surface area (Å²) in [4.78, 5) is 33.8. The summed E-state index contributed by atoms with van der Waals surface area (Å²) in [6.45, 7) is 2.90. The Morgan fingerprint density at radius 3 is 2.06 bits per heavy atom. The molecule has 1 aliphatic heterocycles. The number of hydrogen-bond donors (Lipinski definition) is 1. The van der Waals surface area contributed by atoms with Gasteiger partial charge in [0, 0.05) is 26.3 Å². The largest absolute Gasteiger partial charge is 0.358 e. The zero-order valence-electron chi connectivity index (χ0n) is 18.6. The third-order valence-corrected chi connectivity index (χ3v) is 6.73. The minimum atomic E-state index is -0.863. The summed E-state index contributed by atoms with van der Waals surface area (Å²) in [5, 5.41) is 2.82. The Balaban J connectivity index is 1.77. The predicted molar refractivity (Wildman–Crippen MR) is 125 cm³/mol. The Bertz CT molecular complexity index is 1030. The van der Waals surface area contributed by atoms with E-state index in [0.29, 0.717) is 25.2 Å². The molecule has 0 bridgehead atoms. The molecule has 1 aliphatic rings. The minimum absolute atomic E-state index is 0.00110. The molecule has 164 valence electrons. The molecule has 5 heteroatoms. The first-order valence-electron chi connectivity index (χ1n) is 11.1. The van der Waals surface area contributed by atoms with E-state index in [4.69, 9.17) is 0 Å². The van der Waals surface area contributed by atoms with Crippen molar-refractivity contribution in [2.24, 2.45) is 0 Å². The summed E-state index contributed by atoms with van der Waals surface area (Å²) in [5.74, 6) is -0.103. The van der Waals surface area contributed by atoms with Crippen molar-refractivity contribution < 1.29 is 9.59 Å². The van der Waals surface area contributed by atoms with Crippen molar-refractivity contribution in [3.05, 3.63) is 102 Å². The van der Waals surface area contributed by atoms with Gasteiger partial charge in [0.2, 0.25) is 11.8 Å². The van der Waals surface area contributed by atoms with Crippen LogP contribution in [-0.2, 0) is 20.4 Å². The number of nitrogens with zero attached hydrogens (tertiary/aromatic N) is 2. The number of carbonyl (C=O) groups excluding carboxylic acids is 2. The third-order valence-electron chi connectivity index (χ3n) is 6.73. The Kier molecular flexibility index (Phi) is 6.08. The molecule has 3 aromatic rings. The van der Waals surface area contributed by atoms with Gasteiger partial charge in [-0.3, -0.25) is 14.6 Å². The molecule has 1 N–H and O–H groups in total. The van der Waals surface area contributed by atoms with Crippen molar-refractivity contribution in [2.45, 2.75) is 30.6 Å². The summed E-state index contributed by atoms with van der Waals surface area (Å²) in [6, 6.07) is 25.4. The van der Waals surface area contributed by atoms with Crippen LogP contribution in [0.25, 0.3) is 0 Å². The predicted octanol–water partition coefficient (Wildman–Crippen LogP) is 3.69. The number of carbonyl (C=O) groups is 2. The smallest absolute Gasteiger partial charge is 0.237 e. The third kappa shape index (κ3) is 3.68. The fourth-order valence-electron chi connectivity index (χ4n) is 4.90. The van der Waals surface area contributed by atoms with Crippen LogP contribution in [0, 0.1) is 0 Å². The van der Waals surface area contributed by atoms with Gasteiger partial charge in [0.1, 0.15) is 5.41 Å². The van der Waals surface area contributed by atoms with Gasteiger partial charge in [0.25, 0.3) is 0 Å². The molecule has 32 heavy (non-hydrogen) atoms. The summed E-state index contributed by atoms with van der Waals surface area (Å²) < 4.78 is 0. The molecule has 2 aromatic carbocycles. The molecule has 2 heterocycles. The van der Waals surface area contributed by atoms with E-state index in [-0.39, 0.29) is 11.8 Å². The van der Waals surface area contributed by atoms with E-state index in [1.54, 1.807) is 13.2 Å². The number of benzene rings is 2. The van der Waals surface area contributed by atoms with Crippen LogP contribution in [0.4, 0.5) is 0 Å². The second kappa shape index (κ2) is 8.95. The topological polar surface area (TPSA) is 62.3 Å². The summed E-state index contributed by atoms with van der Waals surface area (Å²) >= 11 is 0. The molecular formula is C27H29N3O2. The van der Waals surface area contributed by atoms with Gasteiger partial charge < -0.3 is 10.2 Å². The number of likely N-dealkylation sites (N-methyl/N-ethyl adjacent to an activating group) is 1. The zero-order valence-corrected chi connectivity index (χ0v) is 18.6. The second-order valence-electron chi connectivity index (χ2n) is 8.56. The van der Waals surface area contributed by atoms with Gasteiger partial charge in [-0.15, -0.1) is 0 Å². The van der Waals surface area contributed by atoms with E-state index >= 15 is 0 Å². The van der Waals surface area contributed by atoms with E-state index in [1.807, 2.05) is 90.7 Å². The number of pyridine rings is 1. The quantitative estimate of drug-likeness (QED) is 0.675. The Labute approximate surface area is 189 Å². The summed E-state index contributed by atoms with van der Waals surface area (Å²) in [5.41, 5.74) is 0.852. The van der Waals surface area contributed by atoms with Crippen molar-refractivity contribution in [3.8, 4) is 0 Å². The first-order chi connectivity index (χ1) is 15.5. The molecule has 1 saturated heterocycles. The normalized spacial score (nSPS) is 18.8. The number of likely N-dealkylation sites (tertiary alicyclic amines) is 1. The summed E-state index contributed by atoms with van der Waals surface area (Å²) in [7, 11) is 1.64. The van der Waals surface area contributed by atoms with Crippen LogP contribution in [0.15, 0.2) is 85.1 Å². The fraction of sp³-hybridized carbons (Fsp3) is 0.296. The fourth-order valence-corrected chi connectivity index (χ4v) is 4.90. The first-order valence-corrected chi connectivity index (χ1v) is 11.1. The van der Waals surface area contributed by atoms with Gasteiger partial charge in [-0.2, -0.15) is 0 Å². The standard InChI is InChI=1S/C27H29N3O2/c1-26(21-12-5-3-6-13-21,22-14-7-4-8-15-22)25(32)30-19-11-17-27(20-30,24(31)28-2)23-16-9-10-18-29-23/h3-10,12-16,18H,11,17,19-20H2,1-2H3,(H,28,31)/t27-/m0/s1. The molecular weight excluding hydrogens is 398 g/mol. The van der Waals surface area contributed by atoms with Gasteiger partial charge in [0.15, 0.2) is 0 Å². The molecule has 2 amide bonds. The average Bonchev–Trinajstić information content (AvgIpc) is 2.88. The lowest BCUT2D eigenvalue weighted by Gasteiger charge is -2.44. The zero-order chi connectivity index (χ0) is 22.6. The van der Waals surface area contributed by atoms with Crippen molar-refractivity contribution in [2.75, 3.05) is 20.1 Å². The number of rotatable bonds is 5. The molecule has 4 rings (SSSR count). The number of piperidine rings is 1. The molecule has 1 fully saturated rings. The highest BCUT2D eigenvalue weighted by Crippen LogP contribution is 2.38. The van der Waals surface area contributed by atoms with Crippen LogP contribution in [0.3, 0.4) is 0 Å². The molecule has 1 atom stereocenters. The number of hydrogen-bond acceptors (Lipinski definition) is 3. The first kappa shape index (κ1) is 21.8.